The number of carbonyl (C=O) groups excluding carboxylic acids is 4. The van der Waals surface area contributed by atoms with Crippen LogP contribution in [-0.2, 0) is 19.2 Å². The molecular formula is C34H50N4O4. The van der Waals surface area contributed by atoms with Gasteiger partial charge in [0.15, 0.2) is 0 Å². The molecule has 8 nitrogen and oxygen atoms in total. The summed E-state index contributed by atoms with van der Waals surface area (Å²) in [5.41, 5.74) is 3.20. The zero-order valence-corrected chi connectivity index (χ0v) is 26.5. The van der Waals surface area contributed by atoms with Gasteiger partial charge in [0.25, 0.3) is 0 Å². The minimum absolute atomic E-state index is 0.118. The number of rotatable bonds is 15. The lowest BCUT2D eigenvalue weighted by Crippen LogP contribution is -2.44. The highest BCUT2D eigenvalue weighted by molar-refractivity contribution is 5.98. The Balaban J connectivity index is 2.04. The van der Waals surface area contributed by atoms with E-state index in [0.29, 0.717) is 37.1 Å². The monoisotopic (exact) mass is 578 g/mol. The first-order valence-corrected chi connectivity index (χ1v) is 15.1. The maximum atomic E-state index is 13.0. The largest absolute Gasteiger partial charge is 0.344 e. The molecule has 230 valence electrons. The van der Waals surface area contributed by atoms with Crippen LogP contribution in [0.3, 0.4) is 0 Å². The lowest BCUT2D eigenvalue weighted by atomic mass is 10.0. The lowest BCUT2D eigenvalue weighted by molar-refractivity contribution is -0.127. The van der Waals surface area contributed by atoms with Gasteiger partial charge in [-0.15, -0.1) is 0 Å². The molecule has 2 atom stereocenters. The summed E-state index contributed by atoms with van der Waals surface area (Å²) < 4.78 is 0. The number of anilines is 2. The van der Waals surface area contributed by atoms with Crippen molar-refractivity contribution in [2.75, 3.05) is 10.6 Å². The summed E-state index contributed by atoms with van der Waals surface area (Å²) in [6.07, 6.45) is 1.87. The molecule has 0 unspecified atom stereocenters. The summed E-state index contributed by atoms with van der Waals surface area (Å²) in [5, 5.41) is 11.6. The molecule has 0 aliphatic carbocycles. The molecule has 0 radical (unpaired) electrons. The predicted molar refractivity (Wildman–Crippen MR) is 171 cm³/mol. The molecule has 2 rings (SSSR count). The van der Waals surface area contributed by atoms with Gasteiger partial charge in [0.1, 0.15) is 12.1 Å². The van der Waals surface area contributed by atoms with Crippen LogP contribution in [0.2, 0.25) is 0 Å². The van der Waals surface area contributed by atoms with E-state index >= 15 is 0 Å². The summed E-state index contributed by atoms with van der Waals surface area (Å²) >= 11 is 0. The third-order valence-corrected chi connectivity index (χ3v) is 6.54. The van der Waals surface area contributed by atoms with Gasteiger partial charge in [0, 0.05) is 24.2 Å². The van der Waals surface area contributed by atoms with E-state index in [9.17, 15) is 19.2 Å². The van der Waals surface area contributed by atoms with E-state index in [4.69, 9.17) is 0 Å². The molecule has 8 heteroatoms. The van der Waals surface area contributed by atoms with Gasteiger partial charge in [0.05, 0.1) is 0 Å². The third kappa shape index (κ3) is 12.5. The molecule has 2 aromatic carbocycles. The van der Waals surface area contributed by atoms with Gasteiger partial charge in [-0.05, 0) is 71.9 Å². The highest BCUT2D eigenvalue weighted by atomic mass is 16.2. The van der Waals surface area contributed by atoms with Gasteiger partial charge in [-0.2, -0.15) is 0 Å². The van der Waals surface area contributed by atoms with Crippen molar-refractivity contribution in [2.45, 2.75) is 93.2 Å². The van der Waals surface area contributed by atoms with E-state index < -0.39 is 12.1 Å². The Labute approximate surface area is 251 Å². The Bertz CT molecular complexity index is 1080. The maximum Gasteiger partial charge on any atom is 0.246 e. The third-order valence-electron chi connectivity index (χ3n) is 6.54. The molecule has 0 spiro atoms. The van der Waals surface area contributed by atoms with E-state index in [1.165, 1.54) is 0 Å². The van der Waals surface area contributed by atoms with E-state index in [1.54, 1.807) is 0 Å². The van der Waals surface area contributed by atoms with Crippen LogP contribution in [0.5, 0.6) is 0 Å². The van der Waals surface area contributed by atoms with Gasteiger partial charge in [-0.25, -0.2) is 0 Å². The first kappa shape index (κ1) is 34.5. The Morgan fingerprint density at radius 3 is 1.07 bits per heavy atom. The van der Waals surface area contributed by atoms with Crippen molar-refractivity contribution in [3.63, 3.8) is 0 Å². The van der Waals surface area contributed by atoms with Crippen molar-refractivity contribution in [1.82, 2.24) is 10.6 Å². The second-order valence-electron chi connectivity index (χ2n) is 12.8. The number of hydrogen-bond donors (Lipinski definition) is 4. The topological polar surface area (TPSA) is 116 Å². The van der Waals surface area contributed by atoms with Gasteiger partial charge in [-0.1, -0.05) is 79.7 Å². The Kier molecular flexibility index (Phi) is 13.7. The number of hydrogen-bond acceptors (Lipinski definition) is 4. The fraction of sp³-hybridized carbons (Fsp3) is 0.529. The first-order valence-electron chi connectivity index (χ1n) is 15.1. The van der Waals surface area contributed by atoms with Gasteiger partial charge < -0.3 is 21.3 Å². The minimum Gasteiger partial charge on any atom is -0.344 e. The summed E-state index contributed by atoms with van der Waals surface area (Å²) in [6.45, 7) is 16.0. The Morgan fingerprint density at radius 2 is 0.810 bits per heavy atom. The quantitative estimate of drug-likeness (QED) is 0.196. The molecule has 0 saturated carbocycles. The second kappa shape index (κ2) is 16.7. The van der Waals surface area contributed by atoms with Gasteiger partial charge in [-0.3, -0.25) is 19.2 Å². The fourth-order valence-corrected chi connectivity index (χ4v) is 4.60. The molecular weight excluding hydrogens is 528 g/mol. The summed E-state index contributed by atoms with van der Waals surface area (Å²) in [7, 11) is 0. The smallest absolute Gasteiger partial charge is 0.246 e. The molecule has 4 amide bonds. The van der Waals surface area contributed by atoms with Crippen LogP contribution < -0.4 is 21.3 Å². The van der Waals surface area contributed by atoms with Gasteiger partial charge in [0.2, 0.25) is 23.6 Å². The first-order chi connectivity index (χ1) is 19.7. The Morgan fingerprint density at radius 1 is 0.500 bits per heavy atom. The number of carbonyl (C=O) groups is 4. The average molecular weight is 579 g/mol. The van der Waals surface area contributed by atoms with Crippen molar-refractivity contribution < 1.29 is 19.2 Å². The molecule has 0 bridgehead atoms. The summed E-state index contributed by atoms with van der Waals surface area (Å²) in [5.74, 6) is 0.234. The molecule has 0 fully saturated rings. The summed E-state index contributed by atoms with van der Waals surface area (Å²) in [4.78, 5) is 50.6. The molecule has 4 N–H and O–H groups in total. The van der Waals surface area contributed by atoms with Crippen molar-refractivity contribution in [2.24, 2.45) is 23.7 Å². The molecule has 0 aliphatic rings. The van der Waals surface area contributed by atoms with Crippen LogP contribution in [0.25, 0.3) is 11.1 Å². The molecule has 0 aromatic heterocycles. The maximum absolute atomic E-state index is 13.0. The van der Waals surface area contributed by atoms with E-state index in [1.807, 2.05) is 104 Å². The summed E-state index contributed by atoms with van der Waals surface area (Å²) in [6, 6.07) is 13.8. The second-order valence-corrected chi connectivity index (χ2v) is 12.8. The lowest BCUT2D eigenvalue weighted by Gasteiger charge is -2.21. The van der Waals surface area contributed by atoms with E-state index in [0.717, 1.165) is 11.1 Å². The normalized spacial score (nSPS) is 12.8. The van der Waals surface area contributed by atoms with E-state index in [2.05, 4.69) is 21.3 Å². The Hall–Kier alpha value is -3.68. The highest BCUT2D eigenvalue weighted by Crippen LogP contribution is 2.24. The van der Waals surface area contributed by atoms with Crippen LogP contribution in [0, 0.1) is 23.7 Å². The molecule has 2 aromatic rings. The van der Waals surface area contributed by atoms with E-state index in [-0.39, 0.29) is 47.3 Å². The molecule has 42 heavy (non-hydrogen) atoms. The number of benzene rings is 2. The minimum atomic E-state index is -0.595. The van der Waals surface area contributed by atoms with Crippen LogP contribution in [0.15, 0.2) is 48.5 Å². The average Bonchev–Trinajstić information content (AvgIpc) is 2.87. The van der Waals surface area contributed by atoms with Crippen LogP contribution in [-0.4, -0.2) is 35.7 Å². The van der Waals surface area contributed by atoms with Crippen LogP contribution >= 0.6 is 0 Å². The molecule has 0 heterocycles. The van der Waals surface area contributed by atoms with Crippen molar-refractivity contribution >= 4 is 35.0 Å². The number of nitrogens with one attached hydrogen (secondary N) is 4. The van der Waals surface area contributed by atoms with Gasteiger partial charge >= 0.3 is 0 Å². The van der Waals surface area contributed by atoms with Crippen LogP contribution in [0.1, 0.15) is 81.1 Å². The highest BCUT2D eigenvalue weighted by Gasteiger charge is 2.23. The van der Waals surface area contributed by atoms with Crippen molar-refractivity contribution in [3.8, 4) is 11.1 Å². The van der Waals surface area contributed by atoms with Crippen LogP contribution in [0.4, 0.5) is 11.4 Å². The predicted octanol–water partition coefficient (Wildman–Crippen LogP) is 6.38. The molecule has 0 saturated heterocycles. The van der Waals surface area contributed by atoms with Crippen molar-refractivity contribution in [1.29, 1.82) is 0 Å². The standard InChI is InChI=1S/C34H50N4O4/c1-21(2)17-29(37-31(39)19-23(5)6)33(41)35-27-13-9-25(10-14-27)26-11-15-28(16-12-26)36-34(42)30(18-22(3)4)38-32(40)20-24(7)8/h9-16,21-24,29-30H,17-20H2,1-8H3,(H,35,41)(H,36,42)(H,37,39)(H,38,40)/t29-,30-/m0/s1. The van der Waals surface area contributed by atoms with Crippen molar-refractivity contribution in [3.05, 3.63) is 48.5 Å². The molecule has 0 aliphatic heterocycles. The zero-order valence-electron chi connectivity index (χ0n) is 26.5. The number of amides is 4. The zero-order chi connectivity index (χ0) is 31.4. The SMILES string of the molecule is CC(C)CC(=O)N[C@@H](CC(C)C)C(=O)Nc1ccc(-c2ccc(NC(=O)[C@H](CC(C)C)NC(=O)CC(C)C)cc2)cc1. The fourth-order valence-electron chi connectivity index (χ4n) is 4.60.